The second-order valence-corrected chi connectivity index (χ2v) is 3.25. The SMILES string of the molecule is [Cl-].[NH3+][C@H](C(=O)O)C1[C@@H](C(=O)O)[C@@H]1C(=O)O. The van der Waals surface area contributed by atoms with Crippen molar-refractivity contribution in [3.8, 4) is 0 Å². The second-order valence-electron chi connectivity index (χ2n) is 3.25. The summed E-state index contributed by atoms with van der Waals surface area (Å²) in [5.41, 5.74) is 3.24. The zero-order chi connectivity index (χ0) is 11.0. The van der Waals surface area contributed by atoms with Gasteiger partial charge < -0.3 is 33.5 Å². The van der Waals surface area contributed by atoms with Crippen LogP contribution in [0.2, 0.25) is 0 Å². The van der Waals surface area contributed by atoms with Gasteiger partial charge in [-0.15, -0.1) is 0 Å². The van der Waals surface area contributed by atoms with Crippen LogP contribution in [0.3, 0.4) is 0 Å². The predicted molar refractivity (Wildman–Crippen MR) is 40.1 cm³/mol. The molecule has 0 spiro atoms. The molecule has 0 unspecified atom stereocenters. The van der Waals surface area contributed by atoms with Crippen LogP contribution in [0.5, 0.6) is 0 Å². The molecule has 6 N–H and O–H groups in total. The van der Waals surface area contributed by atoms with Crippen molar-refractivity contribution in [3.05, 3.63) is 0 Å². The van der Waals surface area contributed by atoms with Crippen LogP contribution in [0.1, 0.15) is 0 Å². The summed E-state index contributed by atoms with van der Waals surface area (Å²) in [5.74, 6) is -6.97. The first-order valence-electron chi connectivity index (χ1n) is 3.89. The van der Waals surface area contributed by atoms with Crippen LogP contribution in [0.25, 0.3) is 0 Å². The molecule has 0 saturated heterocycles. The Kier molecular flexibility index (Phi) is 4.06. The van der Waals surface area contributed by atoms with Crippen molar-refractivity contribution in [2.24, 2.45) is 17.8 Å². The zero-order valence-electron chi connectivity index (χ0n) is 7.46. The highest BCUT2D eigenvalue weighted by molar-refractivity contribution is 5.89. The van der Waals surface area contributed by atoms with Crippen LogP contribution in [-0.2, 0) is 14.4 Å². The highest BCUT2D eigenvalue weighted by Crippen LogP contribution is 2.48. The fourth-order valence-electron chi connectivity index (χ4n) is 1.64. The maximum atomic E-state index is 10.5. The Labute approximate surface area is 90.3 Å². The molecule has 1 rings (SSSR count). The van der Waals surface area contributed by atoms with Gasteiger partial charge in [-0.2, -0.15) is 0 Å². The number of hydrogen-bond acceptors (Lipinski definition) is 3. The first kappa shape index (κ1) is 13.7. The lowest BCUT2D eigenvalue weighted by atomic mass is 10.1. The topological polar surface area (TPSA) is 140 Å². The summed E-state index contributed by atoms with van der Waals surface area (Å²) in [7, 11) is 0. The van der Waals surface area contributed by atoms with Crippen LogP contribution < -0.4 is 18.1 Å². The van der Waals surface area contributed by atoms with Gasteiger partial charge in [0.25, 0.3) is 0 Å². The Morgan fingerprint density at radius 1 is 1.00 bits per heavy atom. The minimum atomic E-state index is -1.28. The van der Waals surface area contributed by atoms with Gasteiger partial charge in [-0.05, 0) is 0 Å². The first-order chi connectivity index (χ1) is 6.37. The highest BCUT2D eigenvalue weighted by atomic mass is 35.5. The van der Waals surface area contributed by atoms with Gasteiger partial charge in [0.1, 0.15) is 0 Å². The third-order valence-corrected chi connectivity index (χ3v) is 2.43. The number of quaternary nitrogens is 1. The minimum absolute atomic E-state index is 0. The number of carboxylic acid groups (broad SMARTS) is 3. The molecule has 8 heteroatoms. The van der Waals surface area contributed by atoms with Gasteiger partial charge in [0.15, 0.2) is 6.04 Å². The quantitative estimate of drug-likeness (QED) is 0.386. The highest BCUT2D eigenvalue weighted by Gasteiger charge is 2.65. The predicted octanol–water partition coefficient (Wildman–Crippen LogP) is -5.28. The van der Waals surface area contributed by atoms with E-state index in [0.717, 1.165) is 0 Å². The van der Waals surface area contributed by atoms with Crippen molar-refractivity contribution < 1.29 is 47.8 Å². The van der Waals surface area contributed by atoms with Crippen molar-refractivity contribution in [2.45, 2.75) is 6.04 Å². The molecular weight excluding hydrogens is 230 g/mol. The number of halogens is 1. The van der Waals surface area contributed by atoms with Gasteiger partial charge in [-0.1, -0.05) is 0 Å². The summed E-state index contributed by atoms with van der Waals surface area (Å²) in [6, 6.07) is -1.18. The lowest BCUT2D eigenvalue weighted by Gasteiger charge is -1.99. The van der Waals surface area contributed by atoms with Gasteiger partial charge >= 0.3 is 17.9 Å². The van der Waals surface area contributed by atoms with Gasteiger partial charge in [-0.3, -0.25) is 9.59 Å². The molecule has 0 radical (unpaired) electrons. The summed E-state index contributed by atoms with van der Waals surface area (Å²) >= 11 is 0. The summed E-state index contributed by atoms with van der Waals surface area (Å²) < 4.78 is 0. The van der Waals surface area contributed by atoms with Crippen molar-refractivity contribution in [1.29, 1.82) is 0 Å². The van der Waals surface area contributed by atoms with Crippen molar-refractivity contribution in [3.63, 3.8) is 0 Å². The van der Waals surface area contributed by atoms with Gasteiger partial charge in [0, 0.05) is 0 Å². The van der Waals surface area contributed by atoms with Crippen molar-refractivity contribution >= 4 is 17.9 Å². The molecule has 86 valence electrons. The maximum absolute atomic E-state index is 10.5. The molecule has 0 aromatic rings. The third-order valence-electron chi connectivity index (χ3n) is 2.43. The fourth-order valence-corrected chi connectivity index (χ4v) is 1.64. The van der Waals surface area contributed by atoms with E-state index in [4.69, 9.17) is 15.3 Å². The average molecular weight is 240 g/mol. The van der Waals surface area contributed by atoms with E-state index in [1.807, 2.05) is 0 Å². The van der Waals surface area contributed by atoms with E-state index in [-0.39, 0.29) is 12.4 Å². The summed E-state index contributed by atoms with van der Waals surface area (Å²) in [4.78, 5) is 31.5. The Hall–Kier alpha value is -1.34. The average Bonchev–Trinajstić information content (AvgIpc) is 2.76. The van der Waals surface area contributed by atoms with E-state index in [9.17, 15) is 14.4 Å². The monoisotopic (exact) mass is 239 g/mol. The van der Waals surface area contributed by atoms with Crippen LogP contribution in [0, 0.1) is 17.8 Å². The van der Waals surface area contributed by atoms with E-state index in [1.165, 1.54) is 0 Å². The molecule has 0 heterocycles. The Morgan fingerprint density at radius 3 is 1.53 bits per heavy atom. The smallest absolute Gasteiger partial charge is 0.362 e. The molecule has 0 aromatic heterocycles. The number of rotatable bonds is 4. The maximum Gasteiger partial charge on any atom is 0.362 e. The van der Waals surface area contributed by atoms with Crippen LogP contribution in [0.4, 0.5) is 0 Å². The Bertz CT molecular complexity index is 286. The van der Waals surface area contributed by atoms with Gasteiger partial charge in [0.2, 0.25) is 0 Å². The standard InChI is InChI=1S/C7H9NO6.ClH/c8-4(7(13)14)1-2(5(9)10)3(1)6(11)12;/h1-4H,8H2,(H,9,10)(H,11,12)(H,13,14);1H/t2-,3-,4+;/m1./s1. The molecule has 1 aliphatic rings. The van der Waals surface area contributed by atoms with Crippen LogP contribution in [0.15, 0.2) is 0 Å². The number of hydrogen-bond donors (Lipinski definition) is 4. The van der Waals surface area contributed by atoms with E-state index in [2.05, 4.69) is 5.73 Å². The van der Waals surface area contributed by atoms with E-state index in [1.54, 1.807) is 0 Å². The van der Waals surface area contributed by atoms with Crippen molar-refractivity contribution in [2.75, 3.05) is 0 Å². The normalized spacial score (nSPS) is 29.8. The molecule has 3 atom stereocenters. The number of carboxylic acids is 3. The number of carbonyl (C=O) groups is 3. The summed E-state index contributed by atoms with van der Waals surface area (Å²) in [6.45, 7) is 0. The summed E-state index contributed by atoms with van der Waals surface area (Å²) in [6.07, 6.45) is 0. The zero-order valence-corrected chi connectivity index (χ0v) is 8.22. The molecule has 0 bridgehead atoms. The van der Waals surface area contributed by atoms with Crippen LogP contribution >= 0.6 is 0 Å². The molecule has 1 aliphatic carbocycles. The van der Waals surface area contributed by atoms with Gasteiger partial charge in [-0.25, -0.2) is 4.79 Å². The number of aliphatic carboxylic acids is 3. The fraction of sp³-hybridized carbons (Fsp3) is 0.571. The van der Waals surface area contributed by atoms with E-state index in [0.29, 0.717) is 0 Å². The Balaban J connectivity index is 0.00000196. The lowest BCUT2D eigenvalue weighted by Crippen LogP contribution is -3.00. The van der Waals surface area contributed by atoms with Crippen molar-refractivity contribution in [1.82, 2.24) is 0 Å². The molecule has 15 heavy (non-hydrogen) atoms. The lowest BCUT2D eigenvalue weighted by molar-refractivity contribution is -0.414. The minimum Gasteiger partial charge on any atom is -1.00 e. The molecule has 1 saturated carbocycles. The molecule has 1 fully saturated rings. The molecule has 0 amide bonds. The van der Waals surface area contributed by atoms with Crippen LogP contribution in [-0.4, -0.2) is 39.3 Å². The first-order valence-corrected chi connectivity index (χ1v) is 3.89. The second kappa shape index (κ2) is 4.45. The molecular formula is C7H10ClNO6. The van der Waals surface area contributed by atoms with E-state index >= 15 is 0 Å². The molecule has 7 nitrogen and oxygen atoms in total. The Morgan fingerprint density at radius 2 is 1.33 bits per heavy atom. The summed E-state index contributed by atoms with van der Waals surface area (Å²) in [5, 5.41) is 25.7. The van der Waals surface area contributed by atoms with E-state index < -0.39 is 41.7 Å². The molecule has 0 aromatic carbocycles. The third kappa shape index (κ3) is 2.37. The van der Waals surface area contributed by atoms with Gasteiger partial charge in [0.05, 0.1) is 17.8 Å². The largest absolute Gasteiger partial charge is 1.00 e. The molecule has 0 aliphatic heterocycles.